The molecule has 0 amide bonds. The van der Waals surface area contributed by atoms with Gasteiger partial charge in [0.2, 0.25) is 5.69 Å². The van der Waals surface area contributed by atoms with Crippen molar-refractivity contribution in [2.45, 2.75) is 29.2 Å². The molecule has 0 aliphatic heterocycles. The molecule has 14 heteroatoms. The third-order valence-electron chi connectivity index (χ3n) is 6.13. The van der Waals surface area contributed by atoms with Crippen molar-refractivity contribution in [2.24, 2.45) is 0 Å². The summed E-state index contributed by atoms with van der Waals surface area (Å²) in [6, 6.07) is 23.1. The van der Waals surface area contributed by atoms with Crippen LogP contribution in [0.25, 0.3) is 16.5 Å². The SMILES string of the molecule is O=C(/C=C/c1ccc(OC(=O)CCCc2[nH]o[n+](=O)c2S(=O)(=O)c2ccccc2)cc1)Oc1ccc(-c2cc(=S)ss2)cc1. The zero-order valence-corrected chi connectivity index (χ0v) is 26.0. The molecule has 2 aromatic heterocycles. The maximum absolute atomic E-state index is 12.9. The van der Waals surface area contributed by atoms with E-state index in [2.05, 4.69) is 9.79 Å². The molecule has 0 fully saturated rings. The van der Waals surface area contributed by atoms with Gasteiger partial charge in [-0.25, -0.2) is 13.2 Å². The Morgan fingerprint density at radius 1 is 0.932 bits per heavy atom. The molecule has 0 saturated carbocycles. The number of carbonyl (C=O) groups excluding carboxylic acids is 2. The Morgan fingerprint density at radius 3 is 2.30 bits per heavy atom. The van der Waals surface area contributed by atoms with Crippen molar-refractivity contribution < 1.29 is 36.7 Å². The summed E-state index contributed by atoms with van der Waals surface area (Å²) < 4.78 is 41.9. The first kappa shape index (κ1) is 30.9. The van der Waals surface area contributed by atoms with Gasteiger partial charge in [-0.15, -0.1) is 0 Å². The molecule has 44 heavy (non-hydrogen) atoms. The number of carbonyl (C=O) groups is 2. The normalized spacial score (nSPS) is 11.5. The molecular formula is C30H23N2O8S4+. The van der Waals surface area contributed by atoms with Gasteiger partial charge in [-0.05, 0) is 83.1 Å². The summed E-state index contributed by atoms with van der Waals surface area (Å²) in [6.45, 7) is 0. The van der Waals surface area contributed by atoms with E-state index < -0.39 is 26.8 Å². The van der Waals surface area contributed by atoms with Crippen molar-refractivity contribution >= 4 is 60.8 Å². The van der Waals surface area contributed by atoms with E-state index in [0.717, 1.165) is 14.3 Å². The topological polar surface area (TPSA) is 139 Å². The van der Waals surface area contributed by atoms with Gasteiger partial charge in [0, 0.05) is 23.8 Å². The standard InChI is InChI=1S/C30H23N2O8S4/c33-27(8-4-7-25-30(32(35)40-31-25)44(36,37)24-5-2-1-3-6-24)38-22-14-9-20(10-15-22)11-18-28(34)39-23-16-12-21(13-17-23)26-19-29(41)43-42-26/h1-3,5-6,9-19,31H,4,7-8H2/q+1/b18-11+. The molecule has 0 aliphatic carbocycles. The van der Waals surface area contributed by atoms with Crippen LogP contribution in [0.5, 0.6) is 11.5 Å². The number of benzene rings is 3. The van der Waals surface area contributed by atoms with Crippen LogP contribution in [-0.4, -0.2) is 25.5 Å². The summed E-state index contributed by atoms with van der Waals surface area (Å²) in [5.41, 5.74) is 1.73. The molecule has 2 heterocycles. The van der Waals surface area contributed by atoms with Crippen molar-refractivity contribution in [1.29, 1.82) is 0 Å². The highest BCUT2D eigenvalue weighted by molar-refractivity contribution is 7.91. The monoisotopic (exact) mass is 667 g/mol. The predicted octanol–water partition coefficient (Wildman–Crippen LogP) is 6.42. The lowest BCUT2D eigenvalue weighted by Crippen LogP contribution is -2.22. The van der Waals surface area contributed by atoms with E-state index in [-0.39, 0.29) is 34.5 Å². The Kier molecular flexibility index (Phi) is 9.75. The highest BCUT2D eigenvalue weighted by Crippen LogP contribution is 2.30. The lowest BCUT2D eigenvalue weighted by atomic mass is 10.2. The molecule has 0 spiro atoms. The fraction of sp³-hybridized carbons (Fsp3) is 0.100. The third kappa shape index (κ3) is 7.71. The largest absolute Gasteiger partial charge is 0.427 e. The summed E-state index contributed by atoms with van der Waals surface area (Å²) in [5.74, 6) is -0.379. The number of nitrogens with zero attached hydrogens (tertiary/aromatic N) is 1. The van der Waals surface area contributed by atoms with Crippen LogP contribution in [-0.2, 0) is 25.8 Å². The number of hydrogen-bond donors (Lipinski definition) is 1. The maximum Gasteiger partial charge on any atom is 0.362 e. The Hall–Kier alpha value is -4.50. The first-order chi connectivity index (χ1) is 21.2. The van der Waals surface area contributed by atoms with Crippen LogP contribution in [0.2, 0.25) is 0 Å². The van der Waals surface area contributed by atoms with Gasteiger partial charge < -0.3 is 9.47 Å². The fourth-order valence-electron chi connectivity index (χ4n) is 4.03. The molecule has 0 aliphatic rings. The molecule has 0 unspecified atom stereocenters. The minimum Gasteiger partial charge on any atom is -0.427 e. The Morgan fingerprint density at radius 2 is 1.61 bits per heavy atom. The number of esters is 2. The van der Waals surface area contributed by atoms with Crippen molar-refractivity contribution in [3.63, 3.8) is 0 Å². The fourth-order valence-corrected chi connectivity index (χ4v) is 7.88. The number of nitrogens with one attached hydrogen (secondary N) is 1. The van der Waals surface area contributed by atoms with Gasteiger partial charge >= 0.3 is 17.0 Å². The quantitative estimate of drug-likeness (QED) is 0.0556. The number of H-pyrrole nitrogens is 1. The number of hydrogen-bond acceptors (Lipinski definition) is 11. The van der Waals surface area contributed by atoms with Gasteiger partial charge in [0.05, 0.1) is 4.90 Å². The number of aromatic amines is 1. The van der Waals surface area contributed by atoms with Gasteiger partial charge in [-0.2, -0.15) is 0 Å². The van der Waals surface area contributed by atoms with Gasteiger partial charge in [0.15, 0.2) is 4.60 Å². The van der Waals surface area contributed by atoms with Crippen LogP contribution in [0.15, 0.2) is 106 Å². The summed E-state index contributed by atoms with van der Waals surface area (Å²) in [5, 5.41) is 1.77. The van der Waals surface area contributed by atoms with Crippen molar-refractivity contribution in [1.82, 2.24) is 5.16 Å². The lowest BCUT2D eigenvalue weighted by molar-refractivity contribution is -0.744. The van der Waals surface area contributed by atoms with Crippen molar-refractivity contribution in [3.05, 3.63) is 111 Å². The third-order valence-corrected chi connectivity index (χ3v) is 10.8. The number of aryl methyl sites for hydroxylation is 1. The summed E-state index contributed by atoms with van der Waals surface area (Å²) in [6.07, 6.45) is 3.08. The Bertz CT molecular complexity index is 2020. The minimum atomic E-state index is -4.12. The number of sulfone groups is 1. The molecule has 224 valence electrons. The molecule has 0 atom stereocenters. The molecule has 5 rings (SSSR count). The van der Waals surface area contributed by atoms with Crippen LogP contribution in [0.3, 0.4) is 0 Å². The molecule has 0 saturated heterocycles. The second-order valence-corrected chi connectivity index (χ2v) is 14.0. The van der Waals surface area contributed by atoms with Crippen molar-refractivity contribution in [2.75, 3.05) is 0 Å². The zero-order chi connectivity index (χ0) is 31.1. The van der Waals surface area contributed by atoms with E-state index in [1.54, 1.807) is 71.0 Å². The Labute approximate surface area is 263 Å². The first-order valence-electron chi connectivity index (χ1n) is 13.0. The average molecular weight is 668 g/mol. The molecule has 0 bridgehead atoms. The zero-order valence-electron chi connectivity index (χ0n) is 22.7. The van der Waals surface area contributed by atoms with Crippen LogP contribution in [0.4, 0.5) is 0 Å². The van der Waals surface area contributed by atoms with Crippen LogP contribution in [0, 0.1) is 8.73 Å². The van der Waals surface area contributed by atoms with E-state index in [4.69, 9.17) is 21.7 Å². The maximum atomic E-state index is 12.9. The average Bonchev–Trinajstić information content (AvgIpc) is 3.63. The minimum absolute atomic E-state index is 0.0417. The molecule has 0 radical (unpaired) electrons. The number of ether oxygens (including phenoxy) is 2. The first-order valence-corrected chi connectivity index (χ1v) is 17.1. The number of rotatable bonds is 11. The van der Waals surface area contributed by atoms with Crippen molar-refractivity contribution in [3.8, 4) is 21.9 Å². The van der Waals surface area contributed by atoms with E-state index in [1.807, 2.05) is 18.2 Å². The molecule has 5 aromatic rings. The van der Waals surface area contributed by atoms with E-state index in [1.165, 1.54) is 28.5 Å². The predicted molar refractivity (Wildman–Crippen MR) is 166 cm³/mol. The highest BCUT2D eigenvalue weighted by Gasteiger charge is 2.34. The van der Waals surface area contributed by atoms with Gasteiger partial charge in [0.25, 0.3) is 9.84 Å². The van der Waals surface area contributed by atoms with Gasteiger partial charge in [-0.3, -0.25) is 4.79 Å². The molecule has 10 nitrogen and oxygen atoms in total. The Balaban J connectivity index is 1.10. The lowest BCUT2D eigenvalue weighted by Gasteiger charge is -2.04. The van der Waals surface area contributed by atoms with Crippen LogP contribution < -0.4 is 14.1 Å². The summed E-state index contributed by atoms with van der Waals surface area (Å²) in [7, 11) is -0.998. The summed E-state index contributed by atoms with van der Waals surface area (Å²) in [4.78, 5) is 37.7. The number of aromatic nitrogens is 2. The van der Waals surface area contributed by atoms with Crippen LogP contribution in [0.1, 0.15) is 24.1 Å². The molecular weight excluding hydrogens is 645 g/mol. The smallest absolute Gasteiger partial charge is 0.362 e. The highest BCUT2D eigenvalue weighted by atomic mass is 32.9. The second kappa shape index (κ2) is 13.9. The summed E-state index contributed by atoms with van der Waals surface area (Å²) >= 11 is 5.17. The van der Waals surface area contributed by atoms with E-state index >= 15 is 0 Å². The molecule has 1 N–H and O–H groups in total. The van der Waals surface area contributed by atoms with Gasteiger partial charge in [0.1, 0.15) is 15.3 Å². The van der Waals surface area contributed by atoms with E-state index in [9.17, 15) is 22.9 Å². The molecule has 3 aromatic carbocycles. The van der Waals surface area contributed by atoms with Gasteiger partial charge in [-0.1, -0.05) is 73.0 Å². The second-order valence-electron chi connectivity index (χ2n) is 9.22. The van der Waals surface area contributed by atoms with E-state index in [0.29, 0.717) is 17.1 Å². The van der Waals surface area contributed by atoms with Crippen LogP contribution >= 0.6 is 32.9 Å².